The summed E-state index contributed by atoms with van der Waals surface area (Å²) in [5.74, 6) is 1.25. The van der Waals surface area contributed by atoms with Crippen LogP contribution >= 0.6 is 0 Å². The molecule has 0 radical (unpaired) electrons. The van der Waals surface area contributed by atoms with Gasteiger partial charge in [-0.25, -0.2) is 13.4 Å². The molecular formula is C19H22N4O3S. The van der Waals surface area contributed by atoms with E-state index < -0.39 is 10.0 Å². The lowest BCUT2D eigenvalue weighted by molar-refractivity contribution is 0.383. The highest BCUT2D eigenvalue weighted by Gasteiger charge is 2.31. The van der Waals surface area contributed by atoms with Crippen LogP contribution in [-0.4, -0.2) is 51.0 Å². The van der Waals surface area contributed by atoms with Crippen LogP contribution in [0.5, 0.6) is 5.75 Å². The number of anilines is 1. The second-order valence-corrected chi connectivity index (χ2v) is 8.34. The zero-order valence-corrected chi connectivity index (χ0v) is 16.5. The maximum atomic E-state index is 13.2. The summed E-state index contributed by atoms with van der Waals surface area (Å²) in [4.78, 5) is 6.58. The van der Waals surface area contributed by atoms with Crippen molar-refractivity contribution in [2.75, 3.05) is 38.2 Å². The fourth-order valence-corrected chi connectivity index (χ4v) is 5.27. The van der Waals surface area contributed by atoms with Crippen LogP contribution < -0.4 is 9.64 Å². The molecule has 1 fully saturated rings. The van der Waals surface area contributed by atoms with Crippen LogP contribution in [0, 0.1) is 25.2 Å². The topological polar surface area (TPSA) is 86.5 Å². The maximum absolute atomic E-state index is 13.2. The highest BCUT2D eigenvalue weighted by molar-refractivity contribution is 7.89. The molecule has 0 N–H and O–H groups in total. The third-order valence-electron chi connectivity index (χ3n) is 4.71. The number of piperazine rings is 1. The van der Waals surface area contributed by atoms with E-state index in [0.29, 0.717) is 59.3 Å². The summed E-state index contributed by atoms with van der Waals surface area (Å²) in [6.45, 7) is 5.22. The molecule has 142 valence electrons. The number of aromatic nitrogens is 1. The Labute approximate surface area is 159 Å². The molecule has 8 heteroatoms. The number of nitrogens with zero attached hydrogens (tertiary/aromatic N) is 4. The van der Waals surface area contributed by atoms with Gasteiger partial charge in [0.15, 0.2) is 0 Å². The van der Waals surface area contributed by atoms with Crippen LogP contribution in [0.4, 0.5) is 5.82 Å². The number of rotatable bonds is 4. The molecule has 2 aromatic rings. The van der Waals surface area contributed by atoms with Crippen LogP contribution in [0.2, 0.25) is 0 Å². The van der Waals surface area contributed by atoms with E-state index in [1.807, 2.05) is 4.90 Å². The lowest BCUT2D eigenvalue weighted by Gasteiger charge is -2.35. The number of hydrogen-bond donors (Lipinski definition) is 0. The second kappa shape index (κ2) is 7.55. The van der Waals surface area contributed by atoms with Crippen molar-refractivity contribution in [3.05, 3.63) is 47.2 Å². The molecule has 2 heterocycles. The Hall–Kier alpha value is -2.63. The summed E-state index contributed by atoms with van der Waals surface area (Å²) >= 11 is 0. The molecule has 1 aromatic carbocycles. The van der Waals surface area contributed by atoms with Crippen molar-refractivity contribution in [2.45, 2.75) is 18.7 Å². The molecule has 7 nitrogen and oxygen atoms in total. The van der Waals surface area contributed by atoms with E-state index in [1.54, 1.807) is 51.4 Å². The molecule has 27 heavy (non-hydrogen) atoms. The molecule has 0 spiro atoms. The summed E-state index contributed by atoms with van der Waals surface area (Å²) in [7, 11) is -2.04. The summed E-state index contributed by atoms with van der Waals surface area (Å²) in [6.07, 6.45) is 1.64. The normalized spacial score (nSPS) is 15.4. The average molecular weight is 386 g/mol. The Morgan fingerprint density at radius 3 is 2.33 bits per heavy atom. The minimum absolute atomic E-state index is 0.340. The molecule has 1 saturated heterocycles. The smallest absolute Gasteiger partial charge is 0.243 e. The quantitative estimate of drug-likeness (QED) is 0.800. The van der Waals surface area contributed by atoms with E-state index >= 15 is 0 Å². The van der Waals surface area contributed by atoms with Gasteiger partial charge in [0.05, 0.1) is 17.6 Å². The fourth-order valence-electron chi connectivity index (χ4n) is 3.44. The predicted octanol–water partition coefficient (Wildman–Crippen LogP) is 2.09. The van der Waals surface area contributed by atoms with Gasteiger partial charge in [0.2, 0.25) is 10.0 Å². The lowest BCUT2D eigenvalue weighted by Crippen LogP contribution is -2.49. The third kappa shape index (κ3) is 3.61. The van der Waals surface area contributed by atoms with E-state index in [1.165, 1.54) is 4.31 Å². The van der Waals surface area contributed by atoms with Gasteiger partial charge in [-0.3, -0.25) is 0 Å². The minimum Gasteiger partial charge on any atom is -0.497 e. The minimum atomic E-state index is -3.60. The Morgan fingerprint density at radius 1 is 1.15 bits per heavy atom. The van der Waals surface area contributed by atoms with Crippen LogP contribution in [0.25, 0.3) is 0 Å². The molecule has 0 bridgehead atoms. The van der Waals surface area contributed by atoms with Crippen molar-refractivity contribution in [3.63, 3.8) is 0 Å². The van der Waals surface area contributed by atoms with Crippen molar-refractivity contribution >= 4 is 15.8 Å². The highest BCUT2D eigenvalue weighted by atomic mass is 32.2. The molecule has 3 rings (SSSR count). The number of ether oxygens (including phenoxy) is 1. The largest absolute Gasteiger partial charge is 0.497 e. The SMILES string of the molecule is COc1cc(C)c(S(=O)(=O)N2CCN(c3ncccc3C#N)CC2)c(C)c1. The summed E-state index contributed by atoms with van der Waals surface area (Å²) in [5, 5.41) is 9.25. The number of pyridine rings is 1. The number of benzene rings is 1. The summed E-state index contributed by atoms with van der Waals surface area (Å²) < 4.78 is 33.1. The first kappa shape index (κ1) is 19.1. The fraction of sp³-hybridized carbons (Fsp3) is 0.368. The van der Waals surface area contributed by atoms with Crippen LogP contribution in [-0.2, 0) is 10.0 Å². The van der Waals surface area contributed by atoms with E-state index in [-0.39, 0.29) is 0 Å². The Kier molecular flexibility index (Phi) is 5.35. The van der Waals surface area contributed by atoms with Crippen LogP contribution in [0.15, 0.2) is 35.4 Å². The number of nitriles is 1. The molecule has 1 aromatic heterocycles. The average Bonchev–Trinajstić information content (AvgIpc) is 2.67. The van der Waals surface area contributed by atoms with Gasteiger partial charge in [-0.2, -0.15) is 9.57 Å². The number of hydrogen-bond acceptors (Lipinski definition) is 6. The molecule has 0 aliphatic carbocycles. The molecule has 1 aliphatic rings. The molecule has 0 atom stereocenters. The van der Waals surface area contributed by atoms with Gasteiger partial charge in [-0.05, 0) is 49.2 Å². The van der Waals surface area contributed by atoms with Gasteiger partial charge >= 0.3 is 0 Å². The number of sulfonamides is 1. The van der Waals surface area contributed by atoms with E-state index in [9.17, 15) is 13.7 Å². The first-order chi connectivity index (χ1) is 12.9. The van der Waals surface area contributed by atoms with E-state index in [2.05, 4.69) is 11.1 Å². The van der Waals surface area contributed by atoms with Gasteiger partial charge in [0, 0.05) is 32.4 Å². The van der Waals surface area contributed by atoms with Crippen molar-refractivity contribution in [3.8, 4) is 11.8 Å². The monoisotopic (exact) mass is 386 g/mol. The zero-order valence-electron chi connectivity index (χ0n) is 15.6. The predicted molar refractivity (Wildman–Crippen MR) is 102 cm³/mol. The highest BCUT2D eigenvalue weighted by Crippen LogP contribution is 2.29. The van der Waals surface area contributed by atoms with E-state index in [4.69, 9.17) is 4.74 Å². The molecule has 0 unspecified atom stereocenters. The number of methoxy groups -OCH3 is 1. The lowest BCUT2D eigenvalue weighted by atomic mass is 10.1. The van der Waals surface area contributed by atoms with Gasteiger partial charge in [-0.15, -0.1) is 0 Å². The Balaban J connectivity index is 1.83. The molecule has 0 saturated carbocycles. The van der Waals surface area contributed by atoms with E-state index in [0.717, 1.165) is 0 Å². The summed E-state index contributed by atoms with van der Waals surface area (Å²) in [6, 6.07) is 9.05. The van der Waals surface area contributed by atoms with Crippen LogP contribution in [0.3, 0.4) is 0 Å². The first-order valence-electron chi connectivity index (χ1n) is 8.64. The Morgan fingerprint density at radius 2 is 1.78 bits per heavy atom. The van der Waals surface area contributed by atoms with Crippen molar-refractivity contribution < 1.29 is 13.2 Å². The van der Waals surface area contributed by atoms with Crippen molar-refractivity contribution in [1.29, 1.82) is 5.26 Å². The Bertz CT molecular complexity index is 967. The van der Waals surface area contributed by atoms with Crippen molar-refractivity contribution in [1.82, 2.24) is 9.29 Å². The second-order valence-electron chi connectivity index (χ2n) is 6.47. The van der Waals surface area contributed by atoms with Gasteiger partial charge in [0.25, 0.3) is 0 Å². The zero-order chi connectivity index (χ0) is 19.6. The summed E-state index contributed by atoms with van der Waals surface area (Å²) in [5.41, 5.74) is 1.84. The van der Waals surface area contributed by atoms with Crippen LogP contribution in [0.1, 0.15) is 16.7 Å². The van der Waals surface area contributed by atoms with Crippen molar-refractivity contribution in [2.24, 2.45) is 0 Å². The molecule has 0 amide bonds. The first-order valence-corrected chi connectivity index (χ1v) is 10.1. The maximum Gasteiger partial charge on any atom is 0.243 e. The standard InChI is InChI=1S/C19H22N4O3S/c1-14-11-17(26-3)12-15(2)18(14)27(24,25)23-9-7-22(8-10-23)19-16(13-20)5-4-6-21-19/h4-6,11-12H,7-10H2,1-3H3. The molecular weight excluding hydrogens is 364 g/mol. The van der Waals surface area contributed by atoms with Gasteiger partial charge in [0.1, 0.15) is 17.6 Å². The van der Waals surface area contributed by atoms with Gasteiger partial charge in [-0.1, -0.05) is 0 Å². The molecule has 1 aliphatic heterocycles. The third-order valence-corrected chi connectivity index (χ3v) is 6.92. The van der Waals surface area contributed by atoms with Gasteiger partial charge < -0.3 is 9.64 Å². The number of aryl methyl sites for hydroxylation is 2.